The molecule has 2 unspecified atom stereocenters. The lowest BCUT2D eigenvalue weighted by molar-refractivity contribution is 0.142. The van der Waals surface area contributed by atoms with Gasteiger partial charge < -0.3 is 5.32 Å². The molecule has 1 aromatic heterocycles. The smallest absolute Gasteiger partial charge is 0.0537 e. The van der Waals surface area contributed by atoms with Gasteiger partial charge in [0.1, 0.15) is 0 Å². The Bertz CT molecular complexity index is 398. The maximum atomic E-state index is 4.33. The molecule has 1 aromatic rings. The zero-order valence-electron chi connectivity index (χ0n) is 10.8. The van der Waals surface area contributed by atoms with Crippen molar-refractivity contribution in [2.24, 2.45) is 18.9 Å². The highest BCUT2D eigenvalue weighted by Gasteiger charge is 2.32. The lowest BCUT2D eigenvalue weighted by Gasteiger charge is -2.34. The van der Waals surface area contributed by atoms with Crippen LogP contribution in [-0.2, 0) is 13.6 Å². The van der Waals surface area contributed by atoms with Crippen LogP contribution >= 0.6 is 0 Å². The van der Waals surface area contributed by atoms with Crippen LogP contribution in [0.1, 0.15) is 17.7 Å². The monoisotopic (exact) mass is 234 g/mol. The number of nitrogens with zero attached hydrogens (tertiary/aromatic N) is 3. The second-order valence-corrected chi connectivity index (χ2v) is 5.58. The molecule has 4 heteroatoms. The first kappa shape index (κ1) is 11.2. The first-order chi connectivity index (χ1) is 8.24. The molecule has 0 saturated carbocycles. The van der Waals surface area contributed by atoms with E-state index in [-0.39, 0.29) is 0 Å². The van der Waals surface area contributed by atoms with E-state index in [0.717, 1.165) is 18.4 Å². The Morgan fingerprint density at radius 3 is 3.00 bits per heavy atom. The summed E-state index contributed by atoms with van der Waals surface area (Å²) in [5, 5.41) is 7.85. The van der Waals surface area contributed by atoms with E-state index in [9.17, 15) is 0 Å². The molecule has 17 heavy (non-hydrogen) atoms. The highest BCUT2D eigenvalue weighted by atomic mass is 15.3. The van der Waals surface area contributed by atoms with E-state index in [2.05, 4.69) is 22.2 Å². The molecular weight excluding hydrogens is 212 g/mol. The van der Waals surface area contributed by atoms with Gasteiger partial charge in [-0.2, -0.15) is 5.10 Å². The molecular formula is C13H22N4. The van der Waals surface area contributed by atoms with Crippen molar-refractivity contribution in [1.82, 2.24) is 20.0 Å². The third-order valence-corrected chi connectivity index (χ3v) is 4.52. The van der Waals surface area contributed by atoms with Gasteiger partial charge in [-0.3, -0.25) is 9.58 Å². The zero-order chi connectivity index (χ0) is 11.8. The van der Waals surface area contributed by atoms with E-state index in [0.29, 0.717) is 0 Å². The first-order valence-electron chi connectivity index (χ1n) is 6.64. The fraction of sp³-hybridized carbons (Fsp3) is 0.769. The second kappa shape index (κ2) is 4.42. The molecule has 0 radical (unpaired) electrons. The van der Waals surface area contributed by atoms with Crippen molar-refractivity contribution in [1.29, 1.82) is 0 Å². The Kier molecular flexibility index (Phi) is 2.92. The van der Waals surface area contributed by atoms with Crippen LogP contribution < -0.4 is 5.32 Å². The van der Waals surface area contributed by atoms with Crippen LogP contribution in [0.5, 0.6) is 0 Å². The summed E-state index contributed by atoms with van der Waals surface area (Å²) in [6.07, 6.45) is 3.38. The largest absolute Gasteiger partial charge is 0.316 e. The van der Waals surface area contributed by atoms with Crippen LogP contribution in [0.15, 0.2) is 6.20 Å². The van der Waals surface area contributed by atoms with Gasteiger partial charge in [0.2, 0.25) is 0 Å². The quantitative estimate of drug-likeness (QED) is 0.820. The Labute approximate surface area is 103 Å². The summed E-state index contributed by atoms with van der Waals surface area (Å²) in [6, 6.07) is 0. The van der Waals surface area contributed by atoms with Crippen molar-refractivity contribution in [3.8, 4) is 0 Å². The molecule has 0 spiro atoms. The summed E-state index contributed by atoms with van der Waals surface area (Å²) >= 11 is 0. The third kappa shape index (κ3) is 2.11. The fourth-order valence-corrected chi connectivity index (χ4v) is 3.19. The highest BCUT2D eigenvalue weighted by Crippen LogP contribution is 2.27. The van der Waals surface area contributed by atoms with Crippen LogP contribution in [-0.4, -0.2) is 40.9 Å². The molecule has 0 aromatic carbocycles. The molecule has 2 saturated heterocycles. The normalized spacial score (nSPS) is 29.5. The topological polar surface area (TPSA) is 33.1 Å². The number of aryl methyl sites for hydroxylation is 1. The van der Waals surface area contributed by atoms with Gasteiger partial charge >= 0.3 is 0 Å². The maximum Gasteiger partial charge on any atom is 0.0537 e. The molecule has 3 rings (SSSR count). The van der Waals surface area contributed by atoms with Gasteiger partial charge in [-0.25, -0.2) is 0 Å². The van der Waals surface area contributed by atoms with E-state index in [1.807, 2.05) is 17.9 Å². The Morgan fingerprint density at radius 1 is 1.41 bits per heavy atom. The minimum Gasteiger partial charge on any atom is -0.316 e. The average molecular weight is 234 g/mol. The maximum absolute atomic E-state index is 4.33. The van der Waals surface area contributed by atoms with Crippen LogP contribution in [0.2, 0.25) is 0 Å². The molecule has 0 bridgehead atoms. The molecule has 3 heterocycles. The van der Waals surface area contributed by atoms with Gasteiger partial charge in [0.25, 0.3) is 0 Å². The SMILES string of the molecule is Cc1c(CN2CCC3CNCC3C2)cnn1C. The Hall–Kier alpha value is -0.870. The predicted octanol–water partition coefficient (Wildman–Crippen LogP) is 0.770. The van der Waals surface area contributed by atoms with Crippen LogP contribution in [0, 0.1) is 18.8 Å². The number of piperidine rings is 1. The van der Waals surface area contributed by atoms with Crippen molar-refractivity contribution in [3.05, 3.63) is 17.5 Å². The van der Waals surface area contributed by atoms with Gasteiger partial charge in [0.15, 0.2) is 0 Å². The summed E-state index contributed by atoms with van der Waals surface area (Å²) in [5.41, 5.74) is 2.69. The molecule has 2 aliphatic rings. The highest BCUT2D eigenvalue weighted by molar-refractivity contribution is 5.15. The summed E-state index contributed by atoms with van der Waals surface area (Å²) in [4.78, 5) is 2.60. The fourth-order valence-electron chi connectivity index (χ4n) is 3.19. The number of likely N-dealkylation sites (tertiary alicyclic amines) is 1. The molecule has 4 nitrogen and oxygen atoms in total. The van der Waals surface area contributed by atoms with Crippen LogP contribution in [0.3, 0.4) is 0 Å². The van der Waals surface area contributed by atoms with E-state index in [1.165, 1.54) is 43.9 Å². The van der Waals surface area contributed by atoms with E-state index in [4.69, 9.17) is 0 Å². The number of hydrogen-bond acceptors (Lipinski definition) is 3. The van der Waals surface area contributed by atoms with Crippen molar-refractivity contribution in [2.75, 3.05) is 26.2 Å². The van der Waals surface area contributed by atoms with Gasteiger partial charge in [-0.15, -0.1) is 0 Å². The van der Waals surface area contributed by atoms with Crippen molar-refractivity contribution < 1.29 is 0 Å². The molecule has 2 aliphatic heterocycles. The van der Waals surface area contributed by atoms with Gasteiger partial charge in [0, 0.05) is 31.4 Å². The molecule has 94 valence electrons. The summed E-state index contributed by atoms with van der Waals surface area (Å²) < 4.78 is 1.97. The van der Waals surface area contributed by atoms with Crippen molar-refractivity contribution >= 4 is 0 Å². The number of rotatable bonds is 2. The van der Waals surface area contributed by atoms with Crippen LogP contribution in [0.4, 0.5) is 0 Å². The minimum atomic E-state index is 0.876. The van der Waals surface area contributed by atoms with Crippen molar-refractivity contribution in [2.45, 2.75) is 19.9 Å². The van der Waals surface area contributed by atoms with Crippen molar-refractivity contribution in [3.63, 3.8) is 0 Å². The molecule has 2 atom stereocenters. The zero-order valence-corrected chi connectivity index (χ0v) is 10.8. The third-order valence-electron chi connectivity index (χ3n) is 4.52. The summed E-state index contributed by atoms with van der Waals surface area (Å²) in [7, 11) is 2.02. The standard InChI is InChI=1S/C13H22N4/c1-10-12(7-15-16(10)2)8-17-4-3-11-5-14-6-13(11)9-17/h7,11,13-14H,3-6,8-9H2,1-2H3. The first-order valence-corrected chi connectivity index (χ1v) is 6.64. The molecule has 0 amide bonds. The lowest BCUT2D eigenvalue weighted by atomic mass is 9.88. The van der Waals surface area contributed by atoms with E-state index < -0.39 is 0 Å². The average Bonchev–Trinajstić information content (AvgIpc) is 2.90. The molecule has 2 fully saturated rings. The number of hydrogen-bond donors (Lipinski definition) is 1. The summed E-state index contributed by atoms with van der Waals surface area (Å²) in [5.74, 6) is 1.81. The number of fused-ring (bicyclic) bond motifs is 1. The van der Waals surface area contributed by atoms with Crippen LogP contribution in [0.25, 0.3) is 0 Å². The van der Waals surface area contributed by atoms with Gasteiger partial charge in [-0.05, 0) is 44.8 Å². The molecule has 1 N–H and O–H groups in total. The number of aromatic nitrogens is 2. The second-order valence-electron chi connectivity index (χ2n) is 5.58. The Morgan fingerprint density at radius 2 is 2.24 bits per heavy atom. The lowest BCUT2D eigenvalue weighted by Crippen LogP contribution is -2.39. The predicted molar refractivity (Wildman–Crippen MR) is 67.7 cm³/mol. The van der Waals surface area contributed by atoms with Gasteiger partial charge in [0.05, 0.1) is 6.20 Å². The summed E-state index contributed by atoms with van der Waals surface area (Å²) in [6.45, 7) is 8.19. The molecule has 0 aliphatic carbocycles. The minimum absolute atomic E-state index is 0.876. The van der Waals surface area contributed by atoms with E-state index in [1.54, 1.807) is 0 Å². The number of nitrogens with one attached hydrogen (secondary N) is 1. The van der Waals surface area contributed by atoms with E-state index >= 15 is 0 Å². The van der Waals surface area contributed by atoms with Gasteiger partial charge in [-0.1, -0.05) is 0 Å². The Balaban J connectivity index is 1.64.